The molecule has 0 aliphatic rings. The molecule has 0 aromatic heterocycles. The molecule has 76 valence electrons. The highest BCUT2D eigenvalue weighted by molar-refractivity contribution is 5.06. The Balaban J connectivity index is 4.02. The van der Waals surface area contributed by atoms with E-state index in [-0.39, 0.29) is 6.10 Å². The summed E-state index contributed by atoms with van der Waals surface area (Å²) in [7, 11) is 1.77. The van der Waals surface area contributed by atoms with E-state index in [4.69, 9.17) is 4.74 Å². The molecule has 13 heavy (non-hydrogen) atoms. The molecule has 0 saturated heterocycles. The fraction of sp³-hybridized carbons (Fsp3) is 0.667. The summed E-state index contributed by atoms with van der Waals surface area (Å²) in [5.74, 6) is 0. The van der Waals surface area contributed by atoms with Crippen molar-refractivity contribution in [2.24, 2.45) is 0 Å². The Morgan fingerprint density at radius 1 is 1.46 bits per heavy atom. The van der Waals surface area contributed by atoms with E-state index in [0.29, 0.717) is 0 Å². The highest BCUT2D eigenvalue weighted by atomic mass is 16.5. The Kier molecular flexibility index (Phi) is 6.61. The van der Waals surface area contributed by atoms with Gasteiger partial charge in [-0.1, -0.05) is 18.6 Å². The minimum Gasteiger partial charge on any atom is -0.377 e. The Hall–Kier alpha value is -0.560. The fourth-order valence-electron chi connectivity index (χ4n) is 1.36. The van der Waals surface area contributed by atoms with Crippen molar-refractivity contribution in [3.63, 3.8) is 0 Å². The van der Waals surface area contributed by atoms with Gasteiger partial charge in [0, 0.05) is 7.11 Å². The smallest absolute Gasteiger partial charge is 0.0781 e. The van der Waals surface area contributed by atoms with Gasteiger partial charge in [0.05, 0.1) is 6.10 Å². The summed E-state index contributed by atoms with van der Waals surface area (Å²) in [6.45, 7) is 10.2. The molecule has 0 bridgehead atoms. The summed E-state index contributed by atoms with van der Waals surface area (Å²) in [5, 5.41) is 0. The van der Waals surface area contributed by atoms with Crippen molar-refractivity contribution in [1.29, 1.82) is 0 Å². The van der Waals surface area contributed by atoms with E-state index in [1.165, 1.54) is 11.1 Å². The number of methoxy groups -OCH3 is 1. The van der Waals surface area contributed by atoms with Crippen molar-refractivity contribution in [1.82, 2.24) is 0 Å². The largest absolute Gasteiger partial charge is 0.377 e. The Bertz CT molecular complexity index is 180. The minimum absolute atomic E-state index is 0.275. The molecule has 1 unspecified atom stereocenters. The zero-order valence-corrected chi connectivity index (χ0v) is 9.39. The van der Waals surface area contributed by atoms with Crippen molar-refractivity contribution in [2.45, 2.75) is 46.1 Å². The number of ether oxygens (including phenoxy) is 1. The van der Waals surface area contributed by atoms with Gasteiger partial charge < -0.3 is 4.74 Å². The van der Waals surface area contributed by atoms with Gasteiger partial charge in [-0.2, -0.15) is 0 Å². The number of allylic oxidation sites excluding steroid dienone is 2. The maximum atomic E-state index is 5.41. The quantitative estimate of drug-likeness (QED) is 0.569. The SMILES string of the molecule is C=C(C)CCC(OC)/C(C)=C/CC. The van der Waals surface area contributed by atoms with Crippen LogP contribution in [0.1, 0.15) is 40.0 Å². The summed E-state index contributed by atoms with van der Waals surface area (Å²) in [6, 6.07) is 0. The molecule has 1 heteroatoms. The van der Waals surface area contributed by atoms with E-state index in [0.717, 1.165) is 19.3 Å². The minimum atomic E-state index is 0.275. The molecule has 0 heterocycles. The lowest BCUT2D eigenvalue weighted by molar-refractivity contribution is 0.124. The first-order valence-electron chi connectivity index (χ1n) is 4.95. The molecule has 0 N–H and O–H groups in total. The van der Waals surface area contributed by atoms with E-state index >= 15 is 0 Å². The van der Waals surface area contributed by atoms with Crippen LogP contribution in [-0.2, 0) is 4.74 Å². The number of hydrogen-bond donors (Lipinski definition) is 0. The van der Waals surface area contributed by atoms with E-state index in [1.807, 2.05) is 0 Å². The lowest BCUT2D eigenvalue weighted by Gasteiger charge is -2.16. The van der Waals surface area contributed by atoms with Crippen LogP contribution in [0.4, 0.5) is 0 Å². The zero-order chi connectivity index (χ0) is 10.3. The molecule has 1 nitrogen and oxygen atoms in total. The summed E-state index contributed by atoms with van der Waals surface area (Å²) in [6.07, 6.45) is 5.68. The fourth-order valence-corrected chi connectivity index (χ4v) is 1.36. The Labute approximate surface area is 82.5 Å². The van der Waals surface area contributed by atoms with Crippen molar-refractivity contribution in [2.75, 3.05) is 7.11 Å². The summed E-state index contributed by atoms with van der Waals surface area (Å²) in [4.78, 5) is 0. The third-order valence-electron chi connectivity index (χ3n) is 2.15. The van der Waals surface area contributed by atoms with Crippen LogP contribution in [0.5, 0.6) is 0 Å². The standard InChI is InChI=1S/C12H22O/c1-6-7-11(4)12(13-5)9-8-10(2)3/h7,12H,2,6,8-9H2,1,3-5H3/b11-7+. The lowest BCUT2D eigenvalue weighted by Crippen LogP contribution is -2.12. The highest BCUT2D eigenvalue weighted by Crippen LogP contribution is 2.15. The van der Waals surface area contributed by atoms with Gasteiger partial charge in [0.25, 0.3) is 0 Å². The molecule has 0 aromatic rings. The van der Waals surface area contributed by atoms with Crippen molar-refractivity contribution in [3.8, 4) is 0 Å². The van der Waals surface area contributed by atoms with Gasteiger partial charge in [-0.05, 0) is 38.7 Å². The van der Waals surface area contributed by atoms with E-state index in [9.17, 15) is 0 Å². The van der Waals surface area contributed by atoms with Crippen LogP contribution < -0.4 is 0 Å². The van der Waals surface area contributed by atoms with Crippen LogP contribution in [0.2, 0.25) is 0 Å². The molecule has 0 aliphatic heterocycles. The molecule has 0 radical (unpaired) electrons. The molecule has 0 spiro atoms. The average molecular weight is 182 g/mol. The maximum Gasteiger partial charge on any atom is 0.0781 e. The molecule has 0 rings (SSSR count). The predicted octanol–water partition coefficient (Wildman–Crippen LogP) is 3.71. The summed E-state index contributed by atoms with van der Waals surface area (Å²) < 4.78 is 5.41. The molecular weight excluding hydrogens is 160 g/mol. The van der Waals surface area contributed by atoms with E-state index in [2.05, 4.69) is 33.4 Å². The molecule has 1 atom stereocenters. The molecule has 0 amide bonds. The Morgan fingerprint density at radius 3 is 2.46 bits per heavy atom. The first kappa shape index (κ1) is 12.4. The average Bonchev–Trinajstić information content (AvgIpc) is 2.05. The maximum absolute atomic E-state index is 5.41. The highest BCUT2D eigenvalue weighted by Gasteiger charge is 2.08. The van der Waals surface area contributed by atoms with Gasteiger partial charge >= 0.3 is 0 Å². The number of rotatable bonds is 6. The van der Waals surface area contributed by atoms with Crippen LogP contribution in [0.3, 0.4) is 0 Å². The van der Waals surface area contributed by atoms with Gasteiger partial charge in [0.1, 0.15) is 0 Å². The van der Waals surface area contributed by atoms with Gasteiger partial charge in [0.15, 0.2) is 0 Å². The van der Waals surface area contributed by atoms with Gasteiger partial charge in [0.2, 0.25) is 0 Å². The normalized spacial score (nSPS) is 14.3. The third-order valence-corrected chi connectivity index (χ3v) is 2.15. The van der Waals surface area contributed by atoms with Crippen LogP contribution >= 0.6 is 0 Å². The first-order valence-corrected chi connectivity index (χ1v) is 4.95. The second-order valence-electron chi connectivity index (χ2n) is 3.58. The first-order chi connectivity index (χ1) is 6.11. The Morgan fingerprint density at radius 2 is 2.08 bits per heavy atom. The molecule has 0 saturated carbocycles. The molecule has 0 aromatic carbocycles. The van der Waals surface area contributed by atoms with E-state index in [1.54, 1.807) is 7.11 Å². The van der Waals surface area contributed by atoms with Crippen LogP contribution in [0.15, 0.2) is 23.8 Å². The monoisotopic (exact) mass is 182 g/mol. The lowest BCUT2D eigenvalue weighted by atomic mass is 10.0. The number of hydrogen-bond acceptors (Lipinski definition) is 1. The van der Waals surface area contributed by atoms with Gasteiger partial charge in [-0.25, -0.2) is 0 Å². The summed E-state index contributed by atoms with van der Waals surface area (Å²) >= 11 is 0. The van der Waals surface area contributed by atoms with Crippen LogP contribution in [0, 0.1) is 0 Å². The molecular formula is C12H22O. The second kappa shape index (κ2) is 6.90. The van der Waals surface area contributed by atoms with Crippen molar-refractivity contribution < 1.29 is 4.74 Å². The second-order valence-corrected chi connectivity index (χ2v) is 3.58. The third kappa shape index (κ3) is 5.64. The molecule has 0 fully saturated rings. The van der Waals surface area contributed by atoms with Crippen LogP contribution in [0.25, 0.3) is 0 Å². The zero-order valence-electron chi connectivity index (χ0n) is 9.39. The summed E-state index contributed by atoms with van der Waals surface area (Å²) in [5.41, 5.74) is 2.57. The predicted molar refractivity (Wildman–Crippen MR) is 58.9 cm³/mol. The van der Waals surface area contributed by atoms with Gasteiger partial charge in [-0.15, -0.1) is 6.58 Å². The van der Waals surface area contributed by atoms with E-state index < -0.39 is 0 Å². The van der Waals surface area contributed by atoms with Crippen molar-refractivity contribution >= 4 is 0 Å². The van der Waals surface area contributed by atoms with Gasteiger partial charge in [-0.3, -0.25) is 0 Å². The van der Waals surface area contributed by atoms with Crippen LogP contribution in [-0.4, -0.2) is 13.2 Å². The van der Waals surface area contributed by atoms with Crippen molar-refractivity contribution in [3.05, 3.63) is 23.8 Å². The molecule has 0 aliphatic carbocycles. The topological polar surface area (TPSA) is 9.23 Å².